The summed E-state index contributed by atoms with van der Waals surface area (Å²) in [6.45, 7) is 3.53. The van der Waals surface area contributed by atoms with E-state index in [1.165, 1.54) is 0 Å². The minimum absolute atomic E-state index is 0.210. The summed E-state index contributed by atoms with van der Waals surface area (Å²) < 4.78 is 51.8. The van der Waals surface area contributed by atoms with Gasteiger partial charge >= 0.3 is 6.18 Å². The Labute approximate surface area is 114 Å². The van der Waals surface area contributed by atoms with Gasteiger partial charge in [-0.2, -0.15) is 13.2 Å². The van der Waals surface area contributed by atoms with Crippen LogP contribution in [0.25, 0.3) is 0 Å². The predicted molar refractivity (Wildman–Crippen MR) is 66.2 cm³/mol. The summed E-state index contributed by atoms with van der Waals surface area (Å²) in [5, 5.41) is 2.72. The molecule has 1 rings (SSSR count). The second-order valence-corrected chi connectivity index (χ2v) is 4.54. The first kappa shape index (κ1) is 16.4. The molecule has 0 fully saturated rings. The molecule has 2 unspecified atom stereocenters. The number of rotatable bonds is 5. The molecule has 0 aromatic heterocycles. The molecule has 1 amide bonds. The van der Waals surface area contributed by atoms with E-state index in [1.54, 1.807) is 6.92 Å². The maximum atomic E-state index is 13.0. The first-order chi connectivity index (χ1) is 9.16. The van der Waals surface area contributed by atoms with Crippen LogP contribution in [-0.4, -0.2) is 11.9 Å². The Morgan fingerprint density at radius 2 is 2.00 bits per heavy atom. The number of nitrogens with two attached hydrogens (primary N) is 1. The summed E-state index contributed by atoms with van der Waals surface area (Å²) in [6, 6.07) is 0.645. The van der Waals surface area contributed by atoms with Crippen LogP contribution in [-0.2, 0) is 11.0 Å². The van der Waals surface area contributed by atoms with Gasteiger partial charge in [-0.3, -0.25) is 10.1 Å². The van der Waals surface area contributed by atoms with E-state index in [0.29, 0.717) is 12.5 Å². The van der Waals surface area contributed by atoms with E-state index in [-0.39, 0.29) is 11.6 Å². The number of primary amides is 1. The molecule has 20 heavy (non-hydrogen) atoms. The third-order valence-electron chi connectivity index (χ3n) is 2.98. The van der Waals surface area contributed by atoms with Gasteiger partial charge in [-0.05, 0) is 31.0 Å². The molecule has 3 nitrogen and oxygen atoms in total. The van der Waals surface area contributed by atoms with Gasteiger partial charge in [-0.15, -0.1) is 0 Å². The van der Waals surface area contributed by atoms with Crippen LogP contribution in [0.3, 0.4) is 0 Å². The summed E-state index contributed by atoms with van der Waals surface area (Å²) in [4.78, 5) is 11.4. The van der Waals surface area contributed by atoms with Crippen molar-refractivity contribution in [1.82, 2.24) is 5.32 Å². The fourth-order valence-corrected chi connectivity index (χ4v) is 1.75. The minimum Gasteiger partial charge on any atom is -0.368 e. The van der Waals surface area contributed by atoms with E-state index in [1.807, 2.05) is 6.92 Å². The third-order valence-corrected chi connectivity index (χ3v) is 2.98. The lowest BCUT2D eigenvalue weighted by Crippen LogP contribution is -2.39. The Morgan fingerprint density at radius 1 is 1.40 bits per heavy atom. The molecule has 0 aliphatic heterocycles. The number of nitrogens with one attached hydrogen (secondary N) is 1. The highest BCUT2D eigenvalue weighted by Crippen LogP contribution is 2.35. The van der Waals surface area contributed by atoms with Crippen LogP contribution in [0.2, 0.25) is 0 Å². The van der Waals surface area contributed by atoms with Crippen LogP contribution in [0, 0.1) is 5.82 Å². The number of amides is 1. The lowest BCUT2D eigenvalue weighted by molar-refractivity contribution is -0.139. The Bertz CT molecular complexity index is 488. The van der Waals surface area contributed by atoms with Crippen LogP contribution in [0.5, 0.6) is 0 Å². The van der Waals surface area contributed by atoms with Crippen LogP contribution < -0.4 is 11.1 Å². The van der Waals surface area contributed by atoms with Crippen LogP contribution in [0.4, 0.5) is 17.6 Å². The Hall–Kier alpha value is -1.63. The molecule has 0 bridgehead atoms. The second-order valence-electron chi connectivity index (χ2n) is 4.54. The molecule has 112 valence electrons. The molecule has 7 heteroatoms. The molecule has 0 radical (unpaired) electrons. The summed E-state index contributed by atoms with van der Waals surface area (Å²) in [5.41, 5.74) is 3.59. The Morgan fingerprint density at radius 3 is 2.45 bits per heavy atom. The summed E-state index contributed by atoms with van der Waals surface area (Å²) >= 11 is 0. The predicted octanol–water partition coefficient (Wildman–Crippen LogP) is 2.76. The van der Waals surface area contributed by atoms with Gasteiger partial charge in [0.05, 0.1) is 5.56 Å². The number of carbonyl (C=O) groups excluding carboxylic acids is 1. The third kappa shape index (κ3) is 3.93. The highest BCUT2D eigenvalue weighted by atomic mass is 19.4. The highest BCUT2D eigenvalue weighted by molar-refractivity contribution is 5.82. The standard InChI is InChI=1S/C13H16F4N2O/c1-3-7(2)19-11(12(18)20)9-5-4-8(14)6-10(9)13(15,16)17/h4-7,11,19H,3H2,1-2H3,(H2,18,20). The van der Waals surface area contributed by atoms with Crippen molar-refractivity contribution in [3.05, 3.63) is 35.1 Å². The van der Waals surface area contributed by atoms with Crippen molar-refractivity contribution in [1.29, 1.82) is 0 Å². The molecule has 1 aromatic rings. The smallest absolute Gasteiger partial charge is 0.368 e. The fourth-order valence-electron chi connectivity index (χ4n) is 1.75. The minimum atomic E-state index is -4.76. The van der Waals surface area contributed by atoms with Gasteiger partial charge in [0.25, 0.3) is 0 Å². The number of benzene rings is 1. The number of carbonyl (C=O) groups is 1. The van der Waals surface area contributed by atoms with Crippen molar-refractivity contribution in [3.63, 3.8) is 0 Å². The highest BCUT2D eigenvalue weighted by Gasteiger charge is 2.37. The Balaban J connectivity index is 3.30. The summed E-state index contributed by atoms with van der Waals surface area (Å²) in [5.74, 6) is -1.96. The van der Waals surface area contributed by atoms with Crippen molar-refractivity contribution in [2.45, 2.75) is 38.5 Å². The van der Waals surface area contributed by atoms with Crippen molar-refractivity contribution < 1.29 is 22.4 Å². The normalized spacial score (nSPS) is 14.9. The zero-order chi connectivity index (χ0) is 15.5. The van der Waals surface area contributed by atoms with Crippen molar-refractivity contribution in [3.8, 4) is 0 Å². The van der Waals surface area contributed by atoms with Gasteiger partial charge in [0, 0.05) is 6.04 Å². The molecule has 0 aliphatic rings. The van der Waals surface area contributed by atoms with Gasteiger partial charge in [-0.1, -0.05) is 13.0 Å². The first-order valence-corrected chi connectivity index (χ1v) is 6.08. The lowest BCUT2D eigenvalue weighted by Gasteiger charge is -2.23. The van der Waals surface area contributed by atoms with Crippen molar-refractivity contribution in [2.75, 3.05) is 0 Å². The molecule has 0 saturated heterocycles. The molecular formula is C13H16F4N2O. The van der Waals surface area contributed by atoms with Gasteiger partial charge < -0.3 is 5.73 Å². The maximum absolute atomic E-state index is 13.0. The van der Waals surface area contributed by atoms with Crippen molar-refractivity contribution in [2.24, 2.45) is 5.73 Å². The summed E-state index contributed by atoms with van der Waals surface area (Å²) in [6.07, 6.45) is -4.16. The van der Waals surface area contributed by atoms with E-state index in [9.17, 15) is 22.4 Å². The van der Waals surface area contributed by atoms with E-state index in [4.69, 9.17) is 5.73 Å². The molecule has 3 N–H and O–H groups in total. The van der Waals surface area contributed by atoms with Gasteiger partial charge in [0.15, 0.2) is 0 Å². The average molecular weight is 292 g/mol. The lowest BCUT2D eigenvalue weighted by atomic mass is 9.98. The zero-order valence-electron chi connectivity index (χ0n) is 11.1. The van der Waals surface area contributed by atoms with E-state index in [2.05, 4.69) is 5.32 Å². The van der Waals surface area contributed by atoms with Crippen LogP contribution in [0.1, 0.15) is 37.4 Å². The number of hydrogen-bond donors (Lipinski definition) is 2. The van der Waals surface area contributed by atoms with E-state index < -0.39 is 29.5 Å². The zero-order valence-corrected chi connectivity index (χ0v) is 11.1. The van der Waals surface area contributed by atoms with Gasteiger partial charge in [0.2, 0.25) is 5.91 Å². The van der Waals surface area contributed by atoms with Crippen LogP contribution >= 0.6 is 0 Å². The fraction of sp³-hybridized carbons (Fsp3) is 0.462. The number of hydrogen-bond acceptors (Lipinski definition) is 2. The van der Waals surface area contributed by atoms with Crippen molar-refractivity contribution >= 4 is 5.91 Å². The average Bonchev–Trinajstić information content (AvgIpc) is 2.34. The molecule has 0 spiro atoms. The monoisotopic (exact) mass is 292 g/mol. The quantitative estimate of drug-likeness (QED) is 0.820. The molecule has 1 aromatic carbocycles. The Kier molecular flexibility index (Phi) is 5.10. The maximum Gasteiger partial charge on any atom is 0.416 e. The second kappa shape index (κ2) is 6.21. The van der Waals surface area contributed by atoms with Gasteiger partial charge in [0.1, 0.15) is 11.9 Å². The molecule has 0 aliphatic carbocycles. The van der Waals surface area contributed by atoms with E-state index >= 15 is 0 Å². The molecule has 2 atom stereocenters. The molecule has 0 saturated carbocycles. The first-order valence-electron chi connectivity index (χ1n) is 6.08. The number of alkyl halides is 3. The topological polar surface area (TPSA) is 55.1 Å². The van der Waals surface area contributed by atoms with E-state index in [0.717, 1.165) is 12.1 Å². The molecular weight excluding hydrogens is 276 g/mol. The van der Waals surface area contributed by atoms with Crippen LogP contribution in [0.15, 0.2) is 18.2 Å². The van der Waals surface area contributed by atoms with Gasteiger partial charge in [-0.25, -0.2) is 4.39 Å². The molecule has 0 heterocycles. The SMILES string of the molecule is CCC(C)NC(C(N)=O)c1ccc(F)cc1C(F)(F)F. The number of halogens is 4. The largest absolute Gasteiger partial charge is 0.416 e. The summed E-state index contributed by atoms with van der Waals surface area (Å²) in [7, 11) is 0.